The van der Waals surface area contributed by atoms with Gasteiger partial charge in [0.15, 0.2) is 0 Å². The maximum Gasteiger partial charge on any atom is 0.107 e. The summed E-state index contributed by atoms with van der Waals surface area (Å²) in [6, 6.07) is 7.72. The molecule has 16 heavy (non-hydrogen) atoms. The third-order valence-electron chi connectivity index (χ3n) is 2.40. The summed E-state index contributed by atoms with van der Waals surface area (Å²) < 4.78 is 0. The number of nitrogens with zero attached hydrogens (tertiary/aromatic N) is 1. The number of thiol groups is 1. The predicted octanol–water partition coefficient (Wildman–Crippen LogP) is 3.51. The van der Waals surface area contributed by atoms with E-state index in [4.69, 9.17) is 11.6 Å². The SMILES string of the molecule is Cc1[nH]c(CCS)nc1-c1ccc(Cl)cc1. The number of H-pyrrole nitrogens is 1. The smallest absolute Gasteiger partial charge is 0.107 e. The van der Waals surface area contributed by atoms with Crippen LogP contribution in [-0.2, 0) is 6.42 Å². The third-order valence-corrected chi connectivity index (χ3v) is 2.88. The first kappa shape index (κ1) is 11.6. The van der Waals surface area contributed by atoms with Crippen LogP contribution in [0.1, 0.15) is 11.5 Å². The van der Waals surface area contributed by atoms with Crippen LogP contribution in [-0.4, -0.2) is 15.7 Å². The van der Waals surface area contributed by atoms with E-state index in [9.17, 15) is 0 Å². The van der Waals surface area contributed by atoms with Gasteiger partial charge in [-0.1, -0.05) is 23.7 Å². The molecule has 1 heterocycles. The minimum absolute atomic E-state index is 0.743. The lowest BCUT2D eigenvalue weighted by atomic mass is 10.1. The van der Waals surface area contributed by atoms with Crippen LogP contribution in [0.15, 0.2) is 24.3 Å². The molecule has 4 heteroatoms. The van der Waals surface area contributed by atoms with E-state index in [0.29, 0.717) is 0 Å². The summed E-state index contributed by atoms with van der Waals surface area (Å²) in [5.74, 6) is 1.78. The minimum atomic E-state index is 0.743. The quantitative estimate of drug-likeness (QED) is 0.805. The van der Waals surface area contributed by atoms with Crippen LogP contribution in [0.3, 0.4) is 0 Å². The molecule has 0 amide bonds. The van der Waals surface area contributed by atoms with Crippen molar-refractivity contribution in [3.8, 4) is 11.3 Å². The molecule has 0 saturated carbocycles. The van der Waals surface area contributed by atoms with E-state index >= 15 is 0 Å². The van der Waals surface area contributed by atoms with Gasteiger partial charge in [0.25, 0.3) is 0 Å². The molecule has 1 aromatic heterocycles. The highest BCUT2D eigenvalue weighted by molar-refractivity contribution is 7.80. The Hall–Kier alpha value is -0.930. The average molecular weight is 253 g/mol. The molecule has 0 spiro atoms. The molecule has 0 unspecified atom stereocenters. The van der Waals surface area contributed by atoms with Crippen LogP contribution in [0.4, 0.5) is 0 Å². The van der Waals surface area contributed by atoms with E-state index in [1.165, 1.54) is 0 Å². The van der Waals surface area contributed by atoms with Gasteiger partial charge in [0.05, 0.1) is 5.69 Å². The highest BCUT2D eigenvalue weighted by Gasteiger charge is 2.08. The largest absolute Gasteiger partial charge is 0.346 e. The topological polar surface area (TPSA) is 28.7 Å². The van der Waals surface area contributed by atoms with Gasteiger partial charge in [-0.3, -0.25) is 0 Å². The number of hydrogen-bond acceptors (Lipinski definition) is 2. The molecule has 0 fully saturated rings. The van der Waals surface area contributed by atoms with Crippen molar-refractivity contribution in [2.75, 3.05) is 5.75 Å². The van der Waals surface area contributed by atoms with Crippen LogP contribution in [0.25, 0.3) is 11.3 Å². The van der Waals surface area contributed by atoms with Gasteiger partial charge in [0.1, 0.15) is 5.82 Å². The molecule has 2 aromatic rings. The first-order valence-corrected chi connectivity index (χ1v) is 6.14. The summed E-state index contributed by atoms with van der Waals surface area (Å²) in [6.07, 6.45) is 0.859. The van der Waals surface area contributed by atoms with Crippen LogP contribution < -0.4 is 0 Å². The second-order valence-corrected chi connectivity index (χ2v) is 4.52. The highest BCUT2D eigenvalue weighted by atomic mass is 35.5. The summed E-state index contributed by atoms with van der Waals surface area (Å²) in [5.41, 5.74) is 3.16. The van der Waals surface area contributed by atoms with Gasteiger partial charge in [0.2, 0.25) is 0 Å². The van der Waals surface area contributed by atoms with Gasteiger partial charge in [-0.15, -0.1) is 0 Å². The Morgan fingerprint density at radius 2 is 2.00 bits per heavy atom. The number of aryl methyl sites for hydroxylation is 2. The summed E-state index contributed by atoms with van der Waals surface area (Å²) in [4.78, 5) is 7.82. The van der Waals surface area contributed by atoms with Crippen molar-refractivity contribution in [2.45, 2.75) is 13.3 Å². The van der Waals surface area contributed by atoms with Crippen LogP contribution >= 0.6 is 24.2 Å². The van der Waals surface area contributed by atoms with Gasteiger partial charge in [-0.2, -0.15) is 12.6 Å². The van der Waals surface area contributed by atoms with E-state index in [1.54, 1.807) is 0 Å². The second-order valence-electron chi connectivity index (χ2n) is 3.64. The number of nitrogens with one attached hydrogen (secondary N) is 1. The Morgan fingerprint density at radius 1 is 1.31 bits per heavy atom. The Labute approximate surface area is 105 Å². The molecule has 0 aliphatic carbocycles. The molecular formula is C12H13ClN2S. The number of aromatic amines is 1. The zero-order chi connectivity index (χ0) is 11.5. The Morgan fingerprint density at radius 3 is 2.62 bits per heavy atom. The van der Waals surface area contributed by atoms with Crippen molar-refractivity contribution in [3.63, 3.8) is 0 Å². The molecule has 0 aliphatic heterocycles. The number of hydrogen-bond donors (Lipinski definition) is 2. The molecule has 2 rings (SSSR count). The van der Waals surface area contributed by atoms with Crippen molar-refractivity contribution in [1.82, 2.24) is 9.97 Å². The van der Waals surface area contributed by atoms with Gasteiger partial charge in [-0.25, -0.2) is 4.98 Å². The van der Waals surface area contributed by atoms with Crippen molar-refractivity contribution in [3.05, 3.63) is 40.8 Å². The first-order chi connectivity index (χ1) is 7.70. The summed E-state index contributed by atoms with van der Waals surface area (Å²) in [5, 5.41) is 0.743. The number of imidazole rings is 1. The van der Waals surface area contributed by atoms with Crippen molar-refractivity contribution in [2.24, 2.45) is 0 Å². The molecule has 0 saturated heterocycles. The van der Waals surface area contributed by atoms with Gasteiger partial charge in [0, 0.05) is 22.7 Å². The molecule has 0 atom stereocenters. The lowest BCUT2D eigenvalue weighted by molar-refractivity contribution is 0.995. The van der Waals surface area contributed by atoms with E-state index < -0.39 is 0 Å². The Balaban J connectivity index is 2.36. The van der Waals surface area contributed by atoms with Gasteiger partial charge < -0.3 is 4.98 Å². The fourth-order valence-electron chi connectivity index (χ4n) is 1.64. The maximum absolute atomic E-state index is 5.86. The lowest BCUT2D eigenvalue weighted by Gasteiger charge is -1.98. The average Bonchev–Trinajstić information content (AvgIpc) is 2.61. The minimum Gasteiger partial charge on any atom is -0.346 e. The Bertz CT molecular complexity index is 476. The molecule has 0 aliphatic rings. The Kier molecular flexibility index (Phi) is 3.56. The summed E-state index contributed by atoms with van der Waals surface area (Å²) in [7, 11) is 0. The third kappa shape index (κ3) is 2.42. The first-order valence-electron chi connectivity index (χ1n) is 5.13. The van der Waals surface area contributed by atoms with Crippen molar-refractivity contribution < 1.29 is 0 Å². The molecular weight excluding hydrogens is 240 g/mol. The van der Waals surface area contributed by atoms with Crippen molar-refractivity contribution in [1.29, 1.82) is 0 Å². The maximum atomic E-state index is 5.86. The molecule has 1 N–H and O–H groups in total. The molecule has 2 nitrogen and oxygen atoms in total. The van der Waals surface area contributed by atoms with E-state index in [-0.39, 0.29) is 0 Å². The van der Waals surface area contributed by atoms with Gasteiger partial charge in [-0.05, 0) is 24.8 Å². The normalized spacial score (nSPS) is 10.7. The lowest BCUT2D eigenvalue weighted by Crippen LogP contribution is -1.88. The number of benzene rings is 1. The molecule has 0 radical (unpaired) electrons. The number of aromatic nitrogens is 2. The second kappa shape index (κ2) is 4.93. The highest BCUT2D eigenvalue weighted by Crippen LogP contribution is 2.23. The molecule has 1 aromatic carbocycles. The van der Waals surface area contributed by atoms with E-state index in [2.05, 4.69) is 22.6 Å². The van der Waals surface area contributed by atoms with Crippen LogP contribution in [0.2, 0.25) is 5.02 Å². The van der Waals surface area contributed by atoms with Gasteiger partial charge >= 0.3 is 0 Å². The summed E-state index contributed by atoms with van der Waals surface area (Å²) in [6.45, 7) is 2.03. The van der Waals surface area contributed by atoms with E-state index in [0.717, 1.165) is 40.0 Å². The standard InChI is InChI=1S/C12H13ClN2S/c1-8-12(15-11(14-8)6-7-16)9-2-4-10(13)5-3-9/h2-5,16H,6-7H2,1H3,(H,14,15). The zero-order valence-corrected chi connectivity index (χ0v) is 10.6. The van der Waals surface area contributed by atoms with Crippen LogP contribution in [0.5, 0.6) is 0 Å². The number of halogens is 1. The van der Waals surface area contributed by atoms with E-state index in [1.807, 2.05) is 31.2 Å². The fourth-order valence-corrected chi connectivity index (χ4v) is 1.97. The number of rotatable bonds is 3. The zero-order valence-electron chi connectivity index (χ0n) is 9.00. The fraction of sp³-hybridized carbons (Fsp3) is 0.250. The molecule has 84 valence electrons. The predicted molar refractivity (Wildman–Crippen MR) is 71.3 cm³/mol. The monoisotopic (exact) mass is 252 g/mol. The summed E-state index contributed by atoms with van der Waals surface area (Å²) >= 11 is 10.1. The molecule has 0 bridgehead atoms. The van der Waals surface area contributed by atoms with Crippen LogP contribution in [0, 0.1) is 6.92 Å². The van der Waals surface area contributed by atoms with Crippen molar-refractivity contribution >= 4 is 24.2 Å².